The molecule has 6 nitrogen and oxygen atoms in total. The lowest BCUT2D eigenvalue weighted by Gasteiger charge is -2.29. The van der Waals surface area contributed by atoms with Gasteiger partial charge in [0.2, 0.25) is 11.7 Å². The smallest absolute Gasteiger partial charge is 0.342 e. The number of aromatic nitrogens is 4. The summed E-state index contributed by atoms with van der Waals surface area (Å²) in [6.07, 6.45) is -6.15. The van der Waals surface area contributed by atoms with Gasteiger partial charge in [0.25, 0.3) is 0 Å². The van der Waals surface area contributed by atoms with E-state index < -0.39 is 29.3 Å². The summed E-state index contributed by atoms with van der Waals surface area (Å²) in [5.74, 6) is -0.356. The van der Waals surface area contributed by atoms with E-state index in [9.17, 15) is 30.7 Å². The van der Waals surface area contributed by atoms with Gasteiger partial charge in [0.1, 0.15) is 11.6 Å². The number of aromatic amines is 1. The maximum absolute atomic E-state index is 13.6. The van der Waals surface area contributed by atoms with Gasteiger partial charge in [-0.1, -0.05) is 17.3 Å². The van der Waals surface area contributed by atoms with Gasteiger partial charge in [-0.2, -0.15) is 31.3 Å². The number of H-pyrrole nitrogens is 1. The Bertz CT molecular complexity index is 1400. The quantitative estimate of drug-likeness (QED) is 0.287. The summed E-state index contributed by atoms with van der Waals surface area (Å²) in [5, 5.41) is 3.74. The zero-order chi connectivity index (χ0) is 27.1. The summed E-state index contributed by atoms with van der Waals surface area (Å²) in [5.41, 5.74) is -0.892. The molecule has 13 heteroatoms. The second-order valence-electron chi connectivity index (χ2n) is 9.01. The van der Waals surface area contributed by atoms with Crippen LogP contribution in [0.5, 0.6) is 0 Å². The number of imidazole rings is 1. The minimum Gasteiger partial charge on any atom is -0.342 e. The molecular weight excluding hydrogens is 519 g/mol. The molecule has 0 unspecified atom stereocenters. The highest BCUT2D eigenvalue weighted by atomic mass is 19.4. The van der Waals surface area contributed by atoms with E-state index in [0.29, 0.717) is 37.0 Å². The molecule has 1 aliphatic heterocycles. The molecule has 2 aromatic carbocycles. The normalized spacial score (nSPS) is 15.8. The van der Waals surface area contributed by atoms with Gasteiger partial charge in [-0.05, 0) is 61.8 Å². The first-order valence-electron chi connectivity index (χ1n) is 11.6. The summed E-state index contributed by atoms with van der Waals surface area (Å²) in [4.78, 5) is 13.8. The van der Waals surface area contributed by atoms with E-state index in [2.05, 4.69) is 25.0 Å². The number of nitrogens with zero attached hydrogens (tertiary/aromatic N) is 4. The van der Waals surface area contributed by atoms with Gasteiger partial charge in [0.15, 0.2) is 0 Å². The highest BCUT2D eigenvalue weighted by Gasteiger charge is 2.35. The van der Waals surface area contributed by atoms with Gasteiger partial charge in [0.05, 0.1) is 29.6 Å². The van der Waals surface area contributed by atoms with E-state index >= 15 is 0 Å². The van der Waals surface area contributed by atoms with Crippen molar-refractivity contribution in [2.45, 2.75) is 37.7 Å². The molecule has 1 fully saturated rings. The largest absolute Gasteiger partial charge is 0.419 e. The molecule has 0 radical (unpaired) electrons. The number of halogens is 7. The number of nitrogens with one attached hydrogen (secondary N) is 1. The summed E-state index contributed by atoms with van der Waals surface area (Å²) in [6, 6.07) is 7.39. The zero-order valence-corrected chi connectivity index (χ0v) is 19.6. The van der Waals surface area contributed by atoms with Crippen molar-refractivity contribution in [2.24, 2.45) is 0 Å². The number of hydrogen-bond acceptors (Lipinski definition) is 5. The lowest BCUT2D eigenvalue weighted by Crippen LogP contribution is -2.32. The highest BCUT2D eigenvalue weighted by Crippen LogP contribution is 2.34. The van der Waals surface area contributed by atoms with Crippen molar-refractivity contribution in [1.82, 2.24) is 25.0 Å². The molecule has 3 heterocycles. The number of rotatable bonds is 5. The number of piperidine rings is 1. The van der Waals surface area contributed by atoms with Gasteiger partial charge in [-0.15, -0.1) is 0 Å². The molecule has 0 spiro atoms. The maximum Gasteiger partial charge on any atom is 0.419 e. The van der Waals surface area contributed by atoms with E-state index in [1.165, 1.54) is 12.1 Å². The molecule has 2 aromatic heterocycles. The number of alkyl halides is 6. The fraction of sp³-hybridized carbons (Fsp3) is 0.320. The molecule has 1 saturated heterocycles. The van der Waals surface area contributed by atoms with E-state index in [0.717, 1.165) is 42.9 Å². The predicted octanol–water partition coefficient (Wildman–Crippen LogP) is 6.68. The topological polar surface area (TPSA) is 70.8 Å². The summed E-state index contributed by atoms with van der Waals surface area (Å²) < 4.78 is 96.1. The average molecular weight is 539 g/mol. The van der Waals surface area contributed by atoms with E-state index in [1.807, 2.05) is 0 Å². The Hall–Kier alpha value is -3.74. The van der Waals surface area contributed by atoms with Gasteiger partial charge in [0, 0.05) is 11.5 Å². The van der Waals surface area contributed by atoms with Crippen molar-refractivity contribution in [3.63, 3.8) is 0 Å². The Morgan fingerprint density at radius 2 is 1.61 bits per heavy atom. The number of likely N-dealkylation sites (tertiary alicyclic amines) is 1. The Morgan fingerprint density at radius 3 is 2.26 bits per heavy atom. The standard InChI is InChI=1S/C25H20F7N5O/c26-19-6-3-16(11-18(19)25(30,31)32)23-35-21(38-36-23)13-37-9-7-15(8-10-37)22-33-12-20(34-22)14-1-4-17(5-2-14)24(27,28)29/h1-6,11-12,15H,7-10,13H2,(H,33,34). The Labute approximate surface area is 211 Å². The van der Waals surface area contributed by atoms with Gasteiger partial charge < -0.3 is 9.51 Å². The van der Waals surface area contributed by atoms with Crippen LogP contribution in [-0.2, 0) is 18.9 Å². The fourth-order valence-corrected chi connectivity index (χ4v) is 4.40. The SMILES string of the molecule is Fc1ccc(-c2noc(CN3CCC(c4ncc(-c5ccc(C(F)(F)F)cc5)[nH]4)CC3)n2)cc1C(F)(F)F. The fourth-order valence-electron chi connectivity index (χ4n) is 4.40. The minimum absolute atomic E-state index is 0.00546. The lowest BCUT2D eigenvalue weighted by molar-refractivity contribution is -0.140. The van der Waals surface area contributed by atoms with Crippen LogP contribution < -0.4 is 0 Å². The third-order valence-corrected chi connectivity index (χ3v) is 6.45. The molecule has 200 valence electrons. The molecule has 0 aliphatic carbocycles. The first-order valence-corrected chi connectivity index (χ1v) is 11.6. The van der Waals surface area contributed by atoms with Crippen LogP contribution >= 0.6 is 0 Å². The number of hydrogen-bond donors (Lipinski definition) is 1. The predicted molar refractivity (Wildman–Crippen MR) is 121 cm³/mol. The monoisotopic (exact) mass is 539 g/mol. The first kappa shape index (κ1) is 25.9. The van der Waals surface area contributed by atoms with Crippen LogP contribution in [0.3, 0.4) is 0 Å². The van der Waals surface area contributed by atoms with Crippen molar-refractivity contribution in [3.05, 3.63) is 77.3 Å². The van der Waals surface area contributed by atoms with Crippen LogP contribution in [0.2, 0.25) is 0 Å². The maximum atomic E-state index is 13.6. The van der Waals surface area contributed by atoms with Crippen LogP contribution in [0.25, 0.3) is 22.6 Å². The van der Waals surface area contributed by atoms with E-state index in [1.54, 1.807) is 6.20 Å². The second kappa shape index (κ2) is 9.86. The Morgan fingerprint density at radius 1 is 0.921 bits per heavy atom. The van der Waals surface area contributed by atoms with Crippen molar-refractivity contribution in [1.29, 1.82) is 0 Å². The summed E-state index contributed by atoms with van der Waals surface area (Å²) in [6.45, 7) is 1.61. The number of benzene rings is 2. The third-order valence-electron chi connectivity index (χ3n) is 6.45. The molecule has 0 bridgehead atoms. The van der Waals surface area contributed by atoms with Gasteiger partial charge in [-0.3, -0.25) is 4.90 Å². The Balaban J connectivity index is 1.18. The van der Waals surface area contributed by atoms with Crippen LogP contribution in [0.15, 0.2) is 53.2 Å². The first-order chi connectivity index (χ1) is 18.0. The van der Waals surface area contributed by atoms with Gasteiger partial charge >= 0.3 is 12.4 Å². The summed E-state index contributed by atoms with van der Waals surface area (Å²) in [7, 11) is 0. The van der Waals surface area contributed by atoms with Crippen molar-refractivity contribution in [3.8, 4) is 22.6 Å². The van der Waals surface area contributed by atoms with Crippen LogP contribution in [0, 0.1) is 5.82 Å². The molecule has 0 atom stereocenters. The lowest BCUT2D eigenvalue weighted by atomic mass is 9.96. The van der Waals surface area contributed by atoms with E-state index in [4.69, 9.17) is 4.52 Å². The van der Waals surface area contributed by atoms with Crippen molar-refractivity contribution in [2.75, 3.05) is 13.1 Å². The highest BCUT2D eigenvalue weighted by molar-refractivity contribution is 5.59. The molecule has 0 amide bonds. The van der Waals surface area contributed by atoms with Crippen molar-refractivity contribution < 1.29 is 35.3 Å². The molecule has 0 saturated carbocycles. The zero-order valence-electron chi connectivity index (χ0n) is 19.6. The van der Waals surface area contributed by atoms with Crippen LogP contribution in [0.4, 0.5) is 30.7 Å². The molecule has 1 aliphatic rings. The minimum atomic E-state index is -4.84. The molecular formula is C25H20F7N5O. The molecule has 5 rings (SSSR count). The summed E-state index contributed by atoms with van der Waals surface area (Å²) >= 11 is 0. The van der Waals surface area contributed by atoms with Gasteiger partial charge in [-0.25, -0.2) is 9.37 Å². The van der Waals surface area contributed by atoms with Crippen LogP contribution in [0.1, 0.15) is 41.6 Å². The van der Waals surface area contributed by atoms with Crippen molar-refractivity contribution >= 4 is 0 Å². The van der Waals surface area contributed by atoms with Crippen LogP contribution in [-0.4, -0.2) is 38.1 Å². The second-order valence-corrected chi connectivity index (χ2v) is 9.01. The molecule has 38 heavy (non-hydrogen) atoms. The third kappa shape index (κ3) is 5.57. The Kier molecular flexibility index (Phi) is 6.72. The molecule has 1 N–H and O–H groups in total. The van der Waals surface area contributed by atoms with E-state index in [-0.39, 0.29) is 23.2 Å². The average Bonchev–Trinajstić information content (AvgIpc) is 3.54. The molecule has 4 aromatic rings.